The van der Waals surface area contributed by atoms with E-state index in [0.29, 0.717) is 0 Å². The third-order valence-electron chi connectivity index (χ3n) is 4.26. The summed E-state index contributed by atoms with van der Waals surface area (Å²) in [6.07, 6.45) is 9.41. The lowest BCUT2D eigenvalue weighted by Gasteiger charge is -2.33. The van der Waals surface area contributed by atoms with Crippen LogP contribution in [0.2, 0.25) is 0 Å². The highest BCUT2D eigenvalue weighted by molar-refractivity contribution is 5.29. The summed E-state index contributed by atoms with van der Waals surface area (Å²) in [5, 5.41) is 6.96. The van der Waals surface area contributed by atoms with Crippen LogP contribution in [0.1, 0.15) is 19.3 Å². The van der Waals surface area contributed by atoms with Gasteiger partial charge in [-0.05, 0) is 43.7 Å². The second-order valence-electron chi connectivity index (χ2n) is 5.24. The zero-order valence-corrected chi connectivity index (χ0v) is 10.1. The number of aromatic nitrogens is 2. The van der Waals surface area contributed by atoms with Crippen molar-refractivity contribution in [2.24, 2.45) is 17.8 Å². The van der Waals surface area contributed by atoms with Crippen molar-refractivity contribution in [3.05, 3.63) is 18.6 Å². The smallest absolute Gasteiger partial charge is 0.144 e. The molecular formula is C13H20N4. The van der Waals surface area contributed by atoms with Gasteiger partial charge in [0.1, 0.15) is 5.82 Å². The van der Waals surface area contributed by atoms with E-state index in [-0.39, 0.29) is 0 Å². The first-order valence-electron chi connectivity index (χ1n) is 6.64. The van der Waals surface area contributed by atoms with Gasteiger partial charge in [-0.25, -0.2) is 4.98 Å². The van der Waals surface area contributed by atoms with Crippen LogP contribution in [0, 0.1) is 17.8 Å². The molecule has 17 heavy (non-hydrogen) atoms. The third kappa shape index (κ3) is 2.41. The first kappa shape index (κ1) is 11.0. The molecule has 0 spiro atoms. The quantitative estimate of drug-likeness (QED) is 0.829. The van der Waals surface area contributed by atoms with Crippen LogP contribution in [0.15, 0.2) is 18.6 Å². The summed E-state index contributed by atoms with van der Waals surface area (Å²) < 4.78 is 0. The van der Waals surface area contributed by atoms with Crippen LogP contribution >= 0.6 is 0 Å². The lowest BCUT2D eigenvalue weighted by atomic mass is 9.74. The van der Waals surface area contributed by atoms with Crippen molar-refractivity contribution in [3.8, 4) is 0 Å². The Kier molecular flexibility index (Phi) is 3.22. The molecule has 1 saturated heterocycles. The number of hydrogen-bond donors (Lipinski definition) is 2. The van der Waals surface area contributed by atoms with Crippen LogP contribution in [0.25, 0.3) is 0 Å². The van der Waals surface area contributed by atoms with Gasteiger partial charge in [-0.3, -0.25) is 4.98 Å². The minimum absolute atomic E-state index is 0.797. The molecule has 92 valence electrons. The number of nitrogens with zero attached hydrogens (tertiary/aromatic N) is 2. The largest absolute Gasteiger partial charge is 0.369 e. The maximum absolute atomic E-state index is 4.26. The maximum Gasteiger partial charge on any atom is 0.144 e. The molecule has 2 fully saturated rings. The molecule has 1 aliphatic heterocycles. The van der Waals surface area contributed by atoms with Gasteiger partial charge in [0.25, 0.3) is 0 Å². The summed E-state index contributed by atoms with van der Waals surface area (Å²) in [7, 11) is 0. The molecule has 1 aromatic rings. The first-order valence-corrected chi connectivity index (χ1v) is 6.64. The molecule has 0 aromatic carbocycles. The Morgan fingerprint density at radius 2 is 2.29 bits per heavy atom. The molecule has 0 radical (unpaired) electrons. The van der Waals surface area contributed by atoms with Crippen LogP contribution < -0.4 is 10.6 Å². The molecule has 3 atom stereocenters. The van der Waals surface area contributed by atoms with E-state index in [9.17, 15) is 0 Å². The van der Waals surface area contributed by atoms with E-state index in [1.54, 1.807) is 18.6 Å². The van der Waals surface area contributed by atoms with Gasteiger partial charge in [-0.1, -0.05) is 6.42 Å². The topological polar surface area (TPSA) is 49.8 Å². The Labute approximate surface area is 102 Å². The predicted octanol–water partition coefficient (Wildman–Crippen LogP) is 1.52. The average molecular weight is 232 g/mol. The fraction of sp³-hybridized carbons (Fsp3) is 0.692. The van der Waals surface area contributed by atoms with Gasteiger partial charge in [-0.2, -0.15) is 0 Å². The highest BCUT2D eigenvalue weighted by Crippen LogP contribution is 2.36. The molecule has 4 heteroatoms. The van der Waals surface area contributed by atoms with E-state index in [1.165, 1.54) is 32.4 Å². The zero-order valence-electron chi connectivity index (χ0n) is 10.1. The Balaban J connectivity index is 1.57. The number of rotatable bonds is 3. The lowest BCUT2D eigenvalue weighted by molar-refractivity contribution is 0.209. The molecule has 0 unspecified atom stereocenters. The van der Waals surface area contributed by atoms with E-state index in [2.05, 4.69) is 20.6 Å². The van der Waals surface area contributed by atoms with Crippen molar-refractivity contribution >= 4 is 5.82 Å². The van der Waals surface area contributed by atoms with Gasteiger partial charge >= 0.3 is 0 Å². The molecule has 4 nitrogen and oxygen atoms in total. The standard InChI is InChI=1S/C13H20N4/c1-2-10-6-15-8-12(10)11(3-1)7-17-13-9-14-4-5-16-13/h4-5,9-12,15H,1-3,6-8H2,(H,16,17)/t10-,11+,12+/m1/s1. The highest BCUT2D eigenvalue weighted by Gasteiger charge is 2.36. The van der Waals surface area contributed by atoms with Gasteiger partial charge in [0.15, 0.2) is 0 Å². The normalized spacial score (nSPS) is 32.1. The summed E-state index contributed by atoms with van der Waals surface area (Å²) >= 11 is 0. The van der Waals surface area contributed by atoms with Crippen molar-refractivity contribution in [1.82, 2.24) is 15.3 Å². The molecule has 2 aliphatic rings. The Bertz CT molecular complexity index is 354. The summed E-state index contributed by atoms with van der Waals surface area (Å²) in [6.45, 7) is 3.48. The van der Waals surface area contributed by atoms with E-state index < -0.39 is 0 Å². The summed E-state index contributed by atoms with van der Waals surface area (Å²) in [4.78, 5) is 8.34. The molecule has 0 amide bonds. The highest BCUT2D eigenvalue weighted by atomic mass is 15.0. The summed E-state index contributed by atoms with van der Waals surface area (Å²) in [5.74, 6) is 3.48. The SMILES string of the molecule is c1cnc(NC[C@@H]2CCC[C@@H]3CNC[C@@H]32)cn1. The molecule has 1 saturated carbocycles. The van der Waals surface area contributed by atoms with Crippen LogP contribution in [-0.4, -0.2) is 29.6 Å². The number of hydrogen-bond acceptors (Lipinski definition) is 4. The summed E-state index contributed by atoms with van der Waals surface area (Å²) in [5.41, 5.74) is 0. The van der Waals surface area contributed by atoms with E-state index in [4.69, 9.17) is 0 Å². The van der Waals surface area contributed by atoms with Gasteiger partial charge in [0.05, 0.1) is 6.20 Å². The predicted molar refractivity (Wildman–Crippen MR) is 67.7 cm³/mol. The van der Waals surface area contributed by atoms with Crippen molar-refractivity contribution in [3.63, 3.8) is 0 Å². The van der Waals surface area contributed by atoms with Crippen molar-refractivity contribution in [2.75, 3.05) is 25.0 Å². The van der Waals surface area contributed by atoms with Crippen molar-refractivity contribution in [1.29, 1.82) is 0 Å². The second-order valence-corrected chi connectivity index (χ2v) is 5.24. The Hall–Kier alpha value is -1.16. The van der Waals surface area contributed by atoms with Gasteiger partial charge in [0.2, 0.25) is 0 Å². The second kappa shape index (κ2) is 5.00. The molecule has 2 N–H and O–H groups in total. The van der Waals surface area contributed by atoms with Crippen LogP contribution in [0.5, 0.6) is 0 Å². The molecule has 0 bridgehead atoms. The van der Waals surface area contributed by atoms with Gasteiger partial charge < -0.3 is 10.6 Å². The fourth-order valence-electron chi connectivity index (χ4n) is 3.36. The molecular weight excluding hydrogens is 212 g/mol. The average Bonchev–Trinajstić information content (AvgIpc) is 2.86. The molecule has 1 aromatic heterocycles. The minimum atomic E-state index is 0.797. The Morgan fingerprint density at radius 3 is 3.18 bits per heavy atom. The number of nitrogens with one attached hydrogen (secondary N) is 2. The summed E-state index contributed by atoms with van der Waals surface area (Å²) in [6, 6.07) is 0. The molecule has 1 aliphatic carbocycles. The number of fused-ring (bicyclic) bond motifs is 1. The lowest BCUT2D eigenvalue weighted by Crippen LogP contribution is -2.32. The fourth-order valence-corrected chi connectivity index (χ4v) is 3.36. The van der Waals surface area contributed by atoms with Gasteiger partial charge in [0, 0.05) is 18.9 Å². The monoisotopic (exact) mass is 232 g/mol. The maximum atomic E-state index is 4.26. The van der Waals surface area contributed by atoms with E-state index in [1.807, 2.05) is 0 Å². The zero-order chi connectivity index (χ0) is 11.5. The van der Waals surface area contributed by atoms with Crippen molar-refractivity contribution in [2.45, 2.75) is 19.3 Å². The first-order chi connectivity index (χ1) is 8.43. The van der Waals surface area contributed by atoms with Crippen LogP contribution in [-0.2, 0) is 0 Å². The Morgan fingerprint density at radius 1 is 1.29 bits per heavy atom. The van der Waals surface area contributed by atoms with Crippen LogP contribution in [0.4, 0.5) is 5.82 Å². The van der Waals surface area contributed by atoms with E-state index >= 15 is 0 Å². The van der Waals surface area contributed by atoms with E-state index in [0.717, 1.165) is 30.1 Å². The molecule has 2 heterocycles. The molecule has 3 rings (SSSR count). The third-order valence-corrected chi connectivity index (χ3v) is 4.26. The number of anilines is 1. The van der Waals surface area contributed by atoms with Gasteiger partial charge in [-0.15, -0.1) is 0 Å². The van der Waals surface area contributed by atoms with Crippen LogP contribution in [0.3, 0.4) is 0 Å². The minimum Gasteiger partial charge on any atom is -0.369 e. The van der Waals surface area contributed by atoms with Crippen molar-refractivity contribution < 1.29 is 0 Å².